The van der Waals surface area contributed by atoms with Gasteiger partial charge in [-0.15, -0.1) is 11.8 Å². The quantitative estimate of drug-likeness (QED) is 0.921. The zero-order valence-corrected chi connectivity index (χ0v) is 12.3. The van der Waals surface area contributed by atoms with Crippen LogP contribution in [0.3, 0.4) is 0 Å². The molecule has 3 aliphatic rings. The first-order valence-corrected chi connectivity index (χ1v) is 8.60. The first-order chi connectivity index (χ1) is 9.83. The molecule has 1 aromatic rings. The minimum Gasteiger partial charge on any atom is -0.376 e. The maximum absolute atomic E-state index is 13.9. The predicted octanol–water partition coefficient (Wildman–Crippen LogP) is 3.52. The summed E-state index contributed by atoms with van der Waals surface area (Å²) in [4.78, 5) is 0.845. The molecule has 2 fully saturated rings. The lowest BCUT2D eigenvalue weighted by molar-refractivity contribution is 0.0786. The van der Waals surface area contributed by atoms with E-state index >= 15 is 0 Å². The van der Waals surface area contributed by atoms with Crippen LogP contribution in [-0.2, 0) is 4.74 Å². The van der Waals surface area contributed by atoms with E-state index in [4.69, 9.17) is 4.74 Å². The van der Waals surface area contributed by atoms with E-state index in [9.17, 15) is 4.39 Å². The predicted molar refractivity (Wildman–Crippen MR) is 78.5 cm³/mol. The summed E-state index contributed by atoms with van der Waals surface area (Å²) in [5.41, 5.74) is 1.14. The zero-order valence-electron chi connectivity index (χ0n) is 11.5. The van der Waals surface area contributed by atoms with Crippen molar-refractivity contribution in [1.29, 1.82) is 0 Å². The molecular weight excluding hydrogens is 273 g/mol. The lowest BCUT2D eigenvalue weighted by Gasteiger charge is -2.30. The third-order valence-electron chi connectivity index (χ3n) is 4.66. The summed E-state index contributed by atoms with van der Waals surface area (Å²) < 4.78 is 19.8. The highest BCUT2D eigenvalue weighted by Gasteiger charge is 2.41. The van der Waals surface area contributed by atoms with Crippen LogP contribution in [0.1, 0.15) is 37.3 Å². The molecule has 0 amide bonds. The SMILES string of the molecule is Fc1cccc2c1SCCC2NC1CCOC1C1CC1. The third-order valence-corrected chi connectivity index (χ3v) is 5.82. The van der Waals surface area contributed by atoms with E-state index < -0.39 is 0 Å². The Hall–Kier alpha value is -0.580. The number of ether oxygens (including phenoxy) is 1. The Kier molecular flexibility index (Phi) is 3.49. The molecular formula is C16H20FNOS. The highest BCUT2D eigenvalue weighted by atomic mass is 32.2. The largest absolute Gasteiger partial charge is 0.376 e. The van der Waals surface area contributed by atoms with Gasteiger partial charge in [-0.3, -0.25) is 0 Å². The van der Waals surface area contributed by atoms with Gasteiger partial charge in [0.25, 0.3) is 0 Å². The average Bonchev–Trinajstić information content (AvgIpc) is 3.20. The molecule has 3 atom stereocenters. The number of nitrogens with one attached hydrogen (secondary N) is 1. The van der Waals surface area contributed by atoms with Crippen LogP contribution >= 0.6 is 11.8 Å². The molecule has 2 aliphatic heterocycles. The van der Waals surface area contributed by atoms with Crippen LogP contribution in [0.25, 0.3) is 0 Å². The van der Waals surface area contributed by atoms with Gasteiger partial charge in [0, 0.05) is 23.6 Å². The molecule has 1 saturated heterocycles. The summed E-state index contributed by atoms with van der Waals surface area (Å²) in [7, 11) is 0. The Balaban J connectivity index is 1.54. The van der Waals surface area contributed by atoms with Crippen LogP contribution in [0.2, 0.25) is 0 Å². The summed E-state index contributed by atoms with van der Waals surface area (Å²) in [5.74, 6) is 1.69. The van der Waals surface area contributed by atoms with Crippen molar-refractivity contribution >= 4 is 11.8 Å². The van der Waals surface area contributed by atoms with Gasteiger partial charge < -0.3 is 10.1 Å². The van der Waals surface area contributed by atoms with Gasteiger partial charge in [-0.2, -0.15) is 0 Å². The van der Waals surface area contributed by atoms with E-state index in [0.29, 0.717) is 12.1 Å². The standard InChI is InChI=1S/C16H20FNOS/c17-12-3-1-2-11-13(7-9-20-16(11)12)18-14-6-8-19-15(14)10-4-5-10/h1-3,10,13-15,18H,4-9H2. The topological polar surface area (TPSA) is 21.3 Å². The van der Waals surface area contributed by atoms with Crippen molar-refractivity contribution in [3.05, 3.63) is 29.6 Å². The van der Waals surface area contributed by atoms with E-state index in [0.717, 1.165) is 41.6 Å². The monoisotopic (exact) mass is 293 g/mol. The van der Waals surface area contributed by atoms with Crippen molar-refractivity contribution in [2.75, 3.05) is 12.4 Å². The Morgan fingerprint density at radius 1 is 1.20 bits per heavy atom. The van der Waals surface area contributed by atoms with Gasteiger partial charge in [-0.05, 0) is 49.0 Å². The summed E-state index contributed by atoms with van der Waals surface area (Å²) in [5, 5.41) is 3.77. The van der Waals surface area contributed by atoms with E-state index in [2.05, 4.69) is 11.4 Å². The number of thioether (sulfide) groups is 1. The van der Waals surface area contributed by atoms with E-state index in [1.165, 1.54) is 12.8 Å². The lowest BCUT2D eigenvalue weighted by atomic mass is 9.99. The fourth-order valence-electron chi connectivity index (χ4n) is 3.50. The fourth-order valence-corrected chi connectivity index (χ4v) is 4.64. The van der Waals surface area contributed by atoms with Crippen LogP contribution in [0.15, 0.2) is 23.1 Å². The number of fused-ring (bicyclic) bond motifs is 1. The van der Waals surface area contributed by atoms with Crippen molar-refractivity contribution < 1.29 is 9.13 Å². The highest BCUT2D eigenvalue weighted by molar-refractivity contribution is 7.99. The maximum atomic E-state index is 13.9. The minimum absolute atomic E-state index is 0.0691. The average molecular weight is 293 g/mol. The van der Waals surface area contributed by atoms with Crippen LogP contribution < -0.4 is 5.32 Å². The molecule has 4 heteroatoms. The second kappa shape index (κ2) is 5.32. The molecule has 2 nitrogen and oxygen atoms in total. The molecule has 108 valence electrons. The molecule has 1 aromatic carbocycles. The van der Waals surface area contributed by atoms with Crippen LogP contribution in [0.5, 0.6) is 0 Å². The van der Waals surface area contributed by atoms with Gasteiger partial charge in [-0.1, -0.05) is 12.1 Å². The first kappa shape index (κ1) is 13.1. The number of hydrogen-bond acceptors (Lipinski definition) is 3. The molecule has 1 saturated carbocycles. The summed E-state index contributed by atoms with van der Waals surface area (Å²) in [6.45, 7) is 0.871. The first-order valence-electron chi connectivity index (χ1n) is 7.62. The van der Waals surface area contributed by atoms with Crippen molar-refractivity contribution in [2.45, 2.75) is 48.8 Å². The molecule has 1 N–H and O–H groups in total. The smallest absolute Gasteiger partial charge is 0.137 e. The van der Waals surface area contributed by atoms with Crippen molar-refractivity contribution in [1.82, 2.24) is 5.32 Å². The van der Waals surface area contributed by atoms with Gasteiger partial charge in [0.15, 0.2) is 0 Å². The molecule has 0 spiro atoms. The second-order valence-corrected chi connectivity index (χ2v) is 7.19. The van der Waals surface area contributed by atoms with Crippen LogP contribution in [-0.4, -0.2) is 24.5 Å². The molecule has 0 bridgehead atoms. The normalized spacial score (nSPS) is 33.1. The Morgan fingerprint density at radius 2 is 2.10 bits per heavy atom. The van der Waals surface area contributed by atoms with Crippen LogP contribution in [0.4, 0.5) is 4.39 Å². The van der Waals surface area contributed by atoms with E-state index in [1.807, 2.05) is 6.07 Å². The summed E-state index contributed by atoms with van der Waals surface area (Å²) in [6, 6.07) is 6.21. The number of benzene rings is 1. The lowest BCUT2D eigenvalue weighted by Crippen LogP contribution is -2.40. The molecule has 0 aromatic heterocycles. The van der Waals surface area contributed by atoms with Crippen molar-refractivity contribution in [3.8, 4) is 0 Å². The van der Waals surface area contributed by atoms with Gasteiger partial charge in [0.1, 0.15) is 5.82 Å². The second-order valence-electron chi connectivity index (χ2n) is 6.08. The number of hydrogen-bond donors (Lipinski definition) is 1. The van der Waals surface area contributed by atoms with Crippen LogP contribution in [0, 0.1) is 11.7 Å². The summed E-state index contributed by atoms with van der Waals surface area (Å²) >= 11 is 1.65. The molecule has 4 rings (SSSR count). The Bertz CT molecular complexity index is 505. The fraction of sp³-hybridized carbons (Fsp3) is 0.625. The summed E-state index contributed by atoms with van der Waals surface area (Å²) in [6.07, 6.45) is 5.19. The number of halogens is 1. The molecule has 1 aliphatic carbocycles. The molecule has 3 unspecified atom stereocenters. The zero-order chi connectivity index (χ0) is 13.5. The van der Waals surface area contributed by atoms with E-state index in [1.54, 1.807) is 17.8 Å². The molecule has 2 heterocycles. The number of rotatable bonds is 3. The maximum Gasteiger partial charge on any atom is 0.137 e. The van der Waals surface area contributed by atoms with Gasteiger partial charge in [0.05, 0.1) is 6.10 Å². The van der Waals surface area contributed by atoms with Gasteiger partial charge in [-0.25, -0.2) is 4.39 Å². The van der Waals surface area contributed by atoms with Gasteiger partial charge in [0.2, 0.25) is 0 Å². The Morgan fingerprint density at radius 3 is 2.95 bits per heavy atom. The third kappa shape index (κ3) is 2.38. The van der Waals surface area contributed by atoms with Crippen molar-refractivity contribution in [3.63, 3.8) is 0 Å². The minimum atomic E-state index is -0.0691. The molecule has 20 heavy (non-hydrogen) atoms. The molecule has 0 radical (unpaired) electrons. The van der Waals surface area contributed by atoms with Crippen molar-refractivity contribution in [2.24, 2.45) is 5.92 Å². The van der Waals surface area contributed by atoms with Gasteiger partial charge >= 0.3 is 0 Å². The highest BCUT2D eigenvalue weighted by Crippen LogP contribution is 2.42. The van der Waals surface area contributed by atoms with E-state index in [-0.39, 0.29) is 11.9 Å². The Labute approximate surface area is 123 Å².